The molecule has 0 unspecified atom stereocenters. The van der Waals surface area contributed by atoms with E-state index in [0.717, 1.165) is 27.3 Å². The fraction of sp³-hybridized carbons (Fsp3) is 0.0667. The predicted molar refractivity (Wildman–Crippen MR) is 83.4 cm³/mol. The highest BCUT2D eigenvalue weighted by molar-refractivity contribution is 9.08. The Balaban J connectivity index is 2.09. The Morgan fingerprint density at radius 2 is 1.79 bits per heavy atom. The smallest absolute Gasteiger partial charge is 0.142 e. The molecule has 0 aliphatic carbocycles. The average molecular weight is 331 g/mol. The van der Waals surface area contributed by atoms with E-state index in [1.54, 1.807) is 17.5 Å². The van der Waals surface area contributed by atoms with Crippen LogP contribution in [0.5, 0.6) is 0 Å². The van der Waals surface area contributed by atoms with Crippen LogP contribution < -0.4 is 0 Å². The van der Waals surface area contributed by atoms with E-state index in [-0.39, 0.29) is 0 Å². The third kappa shape index (κ3) is 2.60. The molecular weight excluding hydrogens is 320 g/mol. The topological polar surface area (TPSA) is 25.8 Å². The Labute approximate surface area is 124 Å². The number of hydrogen-bond acceptors (Lipinski definition) is 3. The number of alkyl halides is 1. The summed E-state index contributed by atoms with van der Waals surface area (Å²) in [6.07, 6.45) is 1.80. The van der Waals surface area contributed by atoms with Crippen LogP contribution in [0, 0.1) is 0 Å². The zero-order chi connectivity index (χ0) is 13.1. The first-order chi connectivity index (χ1) is 9.38. The molecule has 0 saturated heterocycles. The molecule has 0 atom stereocenters. The Hall–Kier alpha value is -1.52. The number of pyridine rings is 1. The van der Waals surface area contributed by atoms with Gasteiger partial charge in [-0.2, -0.15) is 0 Å². The molecule has 0 amide bonds. The molecule has 1 aromatic carbocycles. The summed E-state index contributed by atoms with van der Waals surface area (Å²) >= 11 is 5.23. The van der Waals surface area contributed by atoms with Gasteiger partial charge in [0, 0.05) is 22.0 Å². The number of benzene rings is 1. The number of halogens is 1. The minimum atomic E-state index is 0.807. The summed E-state index contributed by atoms with van der Waals surface area (Å²) in [5, 5.41) is 1.77. The van der Waals surface area contributed by atoms with Gasteiger partial charge in [0.1, 0.15) is 5.01 Å². The lowest BCUT2D eigenvalue weighted by molar-refractivity contribution is 1.29. The van der Waals surface area contributed by atoms with Gasteiger partial charge in [-0.3, -0.25) is 4.98 Å². The van der Waals surface area contributed by atoms with Crippen LogP contribution in [0.15, 0.2) is 54.7 Å². The van der Waals surface area contributed by atoms with Gasteiger partial charge in [0.15, 0.2) is 0 Å². The third-order valence-electron chi connectivity index (χ3n) is 2.75. The van der Waals surface area contributed by atoms with Crippen LogP contribution in [0.25, 0.3) is 22.0 Å². The summed E-state index contributed by atoms with van der Waals surface area (Å²) in [5.74, 6) is 0. The standard InChI is InChI=1S/C15H11BrN2S/c16-10-13-14(11-6-2-1-3-7-11)18-15(19-13)12-8-4-5-9-17-12/h1-9H,10H2. The molecular formula is C15H11BrN2S. The molecule has 94 valence electrons. The Kier molecular flexibility index (Phi) is 3.71. The lowest BCUT2D eigenvalue weighted by atomic mass is 10.1. The van der Waals surface area contributed by atoms with E-state index in [4.69, 9.17) is 4.98 Å². The molecule has 0 bridgehead atoms. The number of rotatable bonds is 3. The monoisotopic (exact) mass is 330 g/mol. The van der Waals surface area contributed by atoms with Crippen molar-refractivity contribution >= 4 is 27.3 Å². The summed E-state index contributed by atoms with van der Waals surface area (Å²) in [7, 11) is 0. The van der Waals surface area contributed by atoms with Crippen molar-refractivity contribution in [2.24, 2.45) is 0 Å². The Morgan fingerprint density at radius 3 is 2.47 bits per heavy atom. The Morgan fingerprint density at radius 1 is 1.00 bits per heavy atom. The van der Waals surface area contributed by atoms with Gasteiger partial charge in [0.05, 0.1) is 11.4 Å². The molecule has 0 N–H and O–H groups in total. The molecule has 2 nitrogen and oxygen atoms in total. The average Bonchev–Trinajstić information content (AvgIpc) is 2.93. The molecule has 3 rings (SSSR count). The first-order valence-electron chi connectivity index (χ1n) is 5.91. The molecule has 2 heterocycles. The van der Waals surface area contributed by atoms with E-state index in [1.807, 2.05) is 36.4 Å². The molecule has 19 heavy (non-hydrogen) atoms. The summed E-state index contributed by atoms with van der Waals surface area (Å²) in [6.45, 7) is 0. The van der Waals surface area contributed by atoms with Crippen molar-refractivity contribution in [1.82, 2.24) is 9.97 Å². The number of hydrogen-bond donors (Lipinski definition) is 0. The molecule has 3 aromatic rings. The van der Waals surface area contributed by atoms with Crippen molar-refractivity contribution in [3.63, 3.8) is 0 Å². The molecule has 4 heteroatoms. The highest BCUT2D eigenvalue weighted by Crippen LogP contribution is 2.34. The van der Waals surface area contributed by atoms with E-state index < -0.39 is 0 Å². The lowest BCUT2D eigenvalue weighted by Gasteiger charge is -1.98. The normalized spacial score (nSPS) is 10.6. The van der Waals surface area contributed by atoms with Gasteiger partial charge in [-0.25, -0.2) is 4.98 Å². The highest BCUT2D eigenvalue weighted by atomic mass is 79.9. The molecule has 0 spiro atoms. The zero-order valence-corrected chi connectivity index (χ0v) is 12.5. The van der Waals surface area contributed by atoms with Gasteiger partial charge in [0.2, 0.25) is 0 Å². The second kappa shape index (κ2) is 5.63. The van der Waals surface area contributed by atoms with Gasteiger partial charge in [-0.1, -0.05) is 52.3 Å². The quantitative estimate of drug-likeness (QED) is 0.646. The zero-order valence-electron chi connectivity index (χ0n) is 10.1. The SMILES string of the molecule is BrCc1sc(-c2ccccn2)nc1-c1ccccc1. The summed E-state index contributed by atoms with van der Waals surface area (Å²) < 4.78 is 0. The van der Waals surface area contributed by atoms with Gasteiger partial charge in [-0.15, -0.1) is 11.3 Å². The fourth-order valence-corrected chi connectivity index (χ4v) is 3.38. The van der Waals surface area contributed by atoms with Crippen molar-refractivity contribution < 1.29 is 0 Å². The molecule has 0 saturated carbocycles. The van der Waals surface area contributed by atoms with Crippen LogP contribution in [0.3, 0.4) is 0 Å². The van der Waals surface area contributed by atoms with Crippen LogP contribution in [0.1, 0.15) is 4.88 Å². The largest absolute Gasteiger partial charge is 0.254 e. The summed E-state index contributed by atoms with van der Waals surface area (Å²) in [5.41, 5.74) is 3.12. The van der Waals surface area contributed by atoms with E-state index in [0.29, 0.717) is 0 Å². The predicted octanol–water partition coefficient (Wildman–Crippen LogP) is 4.77. The van der Waals surface area contributed by atoms with Gasteiger partial charge in [0.25, 0.3) is 0 Å². The lowest BCUT2D eigenvalue weighted by Crippen LogP contribution is -1.83. The fourth-order valence-electron chi connectivity index (χ4n) is 1.86. The molecule has 0 aliphatic heterocycles. The van der Waals surface area contributed by atoms with Gasteiger partial charge in [-0.05, 0) is 12.1 Å². The maximum atomic E-state index is 4.75. The molecule has 0 radical (unpaired) electrons. The molecule has 0 fully saturated rings. The van der Waals surface area contributed by atoms with Crippen LogP contribution in [0.4, 0.5) is 0 Å². The number of aromatic nitrogens is 2. The maximum Gasteiger partial charge on any atom is 0.142 e. The minimum Gasteiger partial charge on any atom is -0.254 e. The third-order valence-corrected chi connectivity index (χ3v) is 4.76. The van der Waals surface area contributed by atoms with Gasteiger partial charge >= 0.3 is 0 Å². The summed E-state index contributed by atoms with van der Waals surface area (Å²) in [4.78, 5) is 10.3. The van der Waals surface area contributed by atoms with Crippen molar-refractivity contribution in [1.29, 1.82) is 0 Å². The highest BCUT2D eigenvalue weighted by Gasteiger charge is 2.13. The van der Waals surface area contributed by atoms with Crippen molar-refractivity contribution in [3.05, 3.63) is 59.6 Å². The van der Waals surface area contributed by atoms with Crippen LogP contribution in [0.2, 0.25) is 0 Å². The van der Waals surface area contributed by atoms with Crippen LogP contribution in [-0.2, 0) is 5.33 Å². The Bertz CT molecular complexity index is 665. The second-order valence-electron chi connectivity index (χ2n) is 4.01. The molecule has 0 aliphatic rings. The van der Waals surface area contributed by atoms with Crippen molar-refractivity contribution in [2.45, 2.75) is 5.33 Å². The number of nitrogens with zero attached hydrogens (tertiary/aromatic N) is 2. The van der Waals surface area contributed by atoms with Crippen LogP contribution in [-0.4, -0.2) is 9.97 Å². The first kappa shape index (κ1) is 12.5. The molecule has 2 aromatic heterocycles. The van der Waals surface area contributed by atoms with E-state index in [2.05, 4.69) is 33.0 Å². The van der Waals surface area contributed by atoms with Crippen LogP contribution >= 0.6 is 27.3 Å². The van der Waals surface area contributed by atoms with E-state index in [9.17, 15) is 0 Å². The van der Waals surface area contributed by atoms with Crippen molar-refractivity contribution in [2.75, 3.05) is 0 Å². The second-order valence-corrected chi connectivity index (χ2v) is 5.65. The van der Waals surface area contributed by atoms with E-state index >= 15 is 0 Å². The van der Waals surface area contributed by atoms with Gasteiger partial charge < -0.3 is 0 Å². The van der Waals surface area contributed by atoms with Crippen molar-refractivity contribution in [3.8, 4) is 22.0 Å². The van der Waals surface area contributed by atoms with E-state index in [1.165, 1.54) is 4.88 Å². The minimum absolute atomic E-state index is 0.807. The number of thiazole rings is 1. The maximum absolute atomic E-state index is 4.75. The first-order valence-corrected chi connectivity index (χ1v) is 7.85. The summed E-state index contributed by atoms with van der Waals surface area (Å²) in [6, 6.07) is 16.2.